The molecule has 0 radical (unpaired) electrons. The van der Waals surface area contributed by atoms with Crippen molar-refractivity contribution in [3.63, 3.8) is 0 Å². The van der Waals surface area contributed by atoms with Crippen molar-refractivity contribution in [2.45, 2.75) is 19.1 Å². The number of nitrogens with zero attached hydrogens (tertiary/aromatic N) is 2. The van der Waals surface area contributed by atoms with Crippen LogP contribution in [0, 0.1) is 11.7 Å². The van der Waals surface area contributed by atoms with Gasteiger partial charge in [0.25, 0.3) is 0 Å². The van der Waals surface area contributed by atoms with E-state index in [1.165, 1.54) is 11.0 Å². The van der Waals surface area contributed by atoms with Crippen LogP contribution in [0.2, 0.25) is 0 Å². The Morgan fingerprint density at radius 1 is 1.10 bits per heavy atom. The number of urea groups is 1. The van der Waals surface area contributed by atoms with Crippen LogP contribution in [0.5, 0.6) is 0 Å². The number of nitrogens with one attached hydrogen (secondary N) is 1. The minimum absolute atomic E-state index is 0.0358. The van der Waals surface area contributed by atoms with E-state index >= 15 is 0 Å². The lowest BCUT2D eigenvalue weighted by atomic mass is 9.94. The Morgan fingerprint density at radius 2 is 1.84 bits per heavy atom. The normalized spacial score (nSPS) is 16.5. The van der Waals surface area contributed by atoms with Gasteiger partial charge in [-0.15, -0.1) is 0 Å². The molecule has 2 aromatic rings. The number of anilines is 2. The molecule has 31 heavy (non-hydrogen) atoms. The van der Waals surface area contributed by atoms with E-state index in [0.29, 0.717) is 44.4 Å². The summed E-state index contributed by atoms with van der Waals surface area (Å²) in [5, 5.41) is 2.99. The topological polar surface area (TPSA) is 78.7 Å². The lowest BCUT2D eigenvalue weighted by Crippen LogP contribution is -2.58. The lowest BCUT2D eigenvalue weighted by Gasteiger charge is -2.40. The summed E-state index contributed by atoms with van der Waals surface area (Å²) in [5.74, 6) is -1.64. The summed E-state index contributed by atoms with van der Waals surface area (Å²) in [6.45, 7) is 1.49. The average molecular weight is 436 g/mol. The second-order valence-electron chi connectivity index (χ2n) is 7.71. The van der Waals surface area contributed by atoms with E-state index in [1.807, 2.05) is 6.07 Å². The zero-order chi connectivity index (χ0) is 22.3. The highest BCUT2D eigenvalue weighted by atomic mass is 19.4. The largest absolute Gasteiger partial charge is 0.419 e. The van der Waals surface area contributed by atoms with Gasteiger partial charge in [-0.1, -0.05) is 12.1 Å². The van der Waals surface area contributed by atoms with Crippen LogP contribution in [0.1, 0.15) is 16.7 Å². The Balaban J connectivity index is 1.47. The summed E-state index contributed by atoms with van der Waals surface area (Å²) in [6.07, 6.45) is -4.21. The monoisotopic (exact) mass is 436 g/mol. The standard InChI is InChI=1S/C21H20F4N4O2/c22-17-8-14(4-5-16(17)21(23,24)25)27-18-3-1-2-12-9-28(7-6-15(12)18)19(30)13-10-29(11-13)20(26)31/h1-5,8,13,27H,6-7,9-11H2,(H2,26,31). The summed E-state index contributed by atoms with van der Waals surface area (Å²) in [6, 6.07) is 7.59. The molecule has 2 aromatic carbocycles. The first-order chi connectivity index (χ1) is 14.6. The van der Waals surface area contributed by atoms with Crippen molar-refractivity contribution in [1.29, 1.82) is 0 Å². The van der Waals surface area contributed by atoms with E-state index < -0.39 is 23.6 Å². The van der Waals surface area contributed by atoms with Gasteiger partial charge in [-0.05, 0) is 41.8 Å². The Bertz CT molecular complexity index is 1030. The molecule has 3 amide bonds. The number of benzene rings is 2. The summed E-state index contributed by atoms with van der Waals surface area (Å²) in [7, 11) is 0. The molecule has 0 bridgehead atoms. The van der Waals surface area contributed by atoms with Gasteiger partial charge in [0.2, 0.25) is 5.91 Å². The van der Waals surface area contributed by atoms with Gasteiger partial charge in [0.15, 0.2) is 0 Å². The maximum Gasteiger partial charge on any atom is 0.419 e. The predicted molar refractivity (Wildman–Crippen MR) is 105 cm³/mol. The number of hydrogen-bond acceptors (Lipinski definition) is 3. The predicted octanol–water partition coefficient (Wildman–Crippen LogP) is 3.48. The van der Waals surface area contributed by atoms with Crippen LogP contribution in [0.4, 0.5) is 33.7 Å². The molecule has 0 aromatic heterocycles. The molecule has 1 fully saturated rings. The second kappa shape index (κ2) is 7.75. The Kier molecular flexibility index (Phi) is 5.24. The van der Waals surface area contributed by atoms with Crippen molar-refractivity contribution in [3.05, 3.63) is 58.9 Å². The summed E-state index contributed by atoms with van der Waals surface area (Å²) < 4.78 is 52.2. The Morgan fingerprint density at radius 3 is 2.48 bits per heavy atom. The first-order valence-corrected chi connectivity index (χ1v) is 9.71. The van der Waals surface area contributed by atoms with Crippen LogP contribution in [-0.4, -0.2) is 41.4 Å². The highest BCUT2D eigenvalue weighted by Crippen LogP contribution is 2.34. The molecule has 6 nitrogen and oxygen atoms in total. The highest BCUT2D eigenvalue weighted by Gasteiger charge is 2.38. The Labute approximate surface area is 175 Å². The molecule has 0 unspecified atom stereocenters. The second-order valence-corrected chi connectivity index (χ2v) is 7.71. The molecule has 0 saturated carbocycles. The van der Waals surface area contributed by atoms with E-state index in [0.717, 1.165) is 17.2 Å². The van der Waals surface area contributed by atoms with Crippen molar-refractivity contribution in [2.75, 3.05) is 25.0 Å². The molecule has 3 N–H and O–H groups in total. The van der Waals surface area contributed by atoms with Crippen molar-refractivity contribution in [2.24, 2.45) is 11.7 Å². The van der Waals surface area contributed by atoms with E-state index in [1.54, 1.807) is 17.0 Å². The SMILES string of the molecule is NC(=O)N1CC(C(=O)N2CCc3c(cccc3Nc3ccc(C(F)(F)F)c(F)c3)C2)C1. The quantitative estimate of drug-likeness (QED) is 0.724. The van der Waals surface area contributed by atoms with Crippen LogP contribution in [0.3, 0.4) is 0 Å². The number of carbonyl (C=O) groups excluding carboxylic acids is 2. The van der Waals surface area contributed by atoms with Crippen LogP contribution >= 0.6 is 0 Å². The number of nitrogens with two attached hydrogens (primary N) is 1. The van der Waals surface area contributed by atoms with E-state index in [-0.39, 0.29) is 17.5 Å². The first kappa shape index (κ1) is 21.0. The third-order valence-corrected chi connectivity index (χ3v) is 5.67. The third-order valence-electron chi connectivity index (χ3n) is 5.67. The lowest BCUT2D eigenvalue weighted by molar-refractivity contribution is -0.141. The fourth-order valence-electron chi connectivity index (χ4n) is 3.97. The summed E-state index contributed by atoms with van der Waals surface area (Å²) in [4.78, 5) is 26.9. The molecular weight excluding hydrogens is 416 g/mol. The number of hydrogen-bond donors (Lipinski definition) is 2. The summed E-state index contributed by atoms with van der Waals surface area (Å²) >= 11 is 0. The molecule has 10 heteroatoms. The van der Waals surface area contributed by atoms with Gasteiger partial charge < -0.3 is 20.9 Å². The molecule has 1 saturated heterocycles. The first-order valence-electron chi connectivity index (χ1n) is 9.71. The van der Waals surface area contributed by atoms with Crippen molar-refractivity contribution < 1.29 is 27.2 Å². The molecular formula is C21H20F4N4O2. The highest BCUT2D eigenvalue weighted by molar-refractivity contribution is 5.84. The van der Waals surface area contributed by atoms with E-state index in [2.05, 4.69) is 5.32 Å². The number of halogens is 4. The van der Waals surface area contributed by atoms with Gasteiger partial charge in [-0.2, -0.15) is 13.2 Å². The zero-order valence-electron chi connectivity index (χ0n) is 16.4. The minimum Gasteiger partial charge on any atom is -0.355 e. The fraction of sp³-hybridized carbons (Fsp3) is 0.333. The van der Waals surface area contributed by atoms with Gasteiger partial charge in [-0.25, -0.2) is 9.18 Å². The maximum absolute atomic E-state index is 13.9. The van der Waals surface area contributed by atoms with E-state index in [9.17, 15) is 27.2 Å². The molecule has 164 valence electrons. The van der Waals surface area contributed by atoms with E-state index in [4.69, 9.17) is 5.73 Å². The minimum atomic E-state index is -4.75. The zero-order valence-corrected chi connectivity index (χ0v) is 16.4. The van der Waals surface area contributed by atoms with Gasteiger partial charge in [0, 0.05) is 37.6 Å². The Hall–Kier alpha value is -3.30. The maximum atomic E-state index is 13.9. The van der Waals surface area contributed by atoms with Crippen LogP contribution < -0.4 is 11.1 Å². The molecule has 2 aliphatic heterocycles. The molecule has 2 heterocycles. The molecule has 4 rings (SSSR count). The van der Waals surface area contributed by atoms with Crippen molar-refractivity contribution in [3.8, 4) is 0 Å². The number of rotatable bonds is 3. The van der Waals surface area contributed by atoms with Gasteiger partial charge in [-0.3, -0.25) is 4.79 Å². The summed E-state index contributed by atoms with van der Waals surface area (Å²) in [5.41, 5.74) is 6.59. The van der Waals surface area contributed by atoms with Crippen LogP contribution in [-0.2, 0) is 23.9 Å². The molecule has 0 atom stereocenters. The molecule has 2 aliphatic rings. The van der Waals surface area contributed by atoms with Gasteiger partial charge in [0.1, 0.15) is 5.82 Å². The van der Waals surface area contributed by atoms with Gasteiger partial charge in [0.05, 0.1) is 11.5 Å². The number of alkyl halides is 3. The number of amides is 3. The smallest absolute Gasteiger partial charge is 0.355 e. The number of fused-ring (bicyclic) bond motifs is 1. The molecule has 0 spiro atoms. The van der Waals surface area contributed by atoms with Crippen LogP contribution in [0.15, 0.2) is 36.4 Å². The number of primary amides is 1. The van der Waals surface area contributed by atoms with Gasteiger partial charge >= 0.3 is 12.2 Å². The number of carbonyl (C=O) groups is 2. The fourth-order valence-corrected chi connectivity index (χ4v) is 3.97. The van der Waals surface area contributed by atoms with Crippen LogP contribution in [0.25, 0.3) is 0 Å². The number of likely N-dealkylation sites (tertiary alicyclic amines) is 1. The third kappa shape index (κ3) is 4.14. The van der Waals surface area contributed by atoms with Crippen molar-refractivity contribution >= 4 is 23.3 Å². The average Bonchev–Trinajstić information content (AvgIpc) is 2.65. The molecule has 0 aliphatic carbocycles. The van der Waals surface area contributed by atoms with Crippen molar-refractivity contribution in [1.82, 2.24) is 9.80 Å².